The predicted molar refractivity (Wildman–Crippen MR) is 75.2 cm³/mol. The third-order valence-electron chi connectivity index (χ3n) is 3.14. The van der Waals surface area contributed by atoms with E-state index in [2.05, 4.69) is 32.6 Å². The lowest BCUT2D eigenvalue weighted by Gasteiger charge is -2.09. The van der Waals surface area contributed by atoms with E-state index in [4.69, 9.17) is 0 Å². The second-order valence-corrected chi connectivity index (χ2v) is 4.60. The Morgan fingerprint density at radius 3 is 2.85 bits per heavy atom. The van der Waals surface area contributed by atoms with Crippen LogP contribution in [0.2, 0.25) is 0 Å². The maximum absolute atomic E-state index is 4.45. The fourth-order valence-corrected chi connectivity index (χ4v) is 1.93. The van der Waals surface area contributed by atoms with Gasteiger partial charge in [-0.3, -0.25) is 5.10 Å². The van der Waals surface area contributed by atoms with Gasteiger partial charge in [-0.15, -0.1) is 0 Å². The van der Waals surface area contributed by atoms with Gasteiger partial charge >= 0.3 is 0 Å². The largest absolute Gasteiger partial charge is 0.304 e. The number of benzene rings is 1. The lowest BCUT2D eigenvalue weighted by molar-refractivity contribution is 0.564. The van der Waals surface area contributed by atoms with Crippen LogP contribution in [-0.4, -0.2) is 25.2 Å². The number of H-pyrrole nitrogens is 1. The van der Waals surface area contributed by atoms with Gasteiger partial charge in [0, 0.05) is 24.3 Å². The molecule has 3 aromatic rings. The molecule has 6 nitrogen and oxygen atoms in total. The molecular formula is C14H16N6. The molecular weight excluding hydrogens is 252 g/mol. The van der Waals surface area contributed by atoms with Crippen LogP contribution < -0.4 is 5.32 Å². The molecule has 0 saturated carbocycles. The van der Waals surface area contributed by atoms with E-state index in [0.717, 1.165) is 16.9 Å². The Balaban J connectivity index is 1.63. The van der Waals surface area contributed by atoms with Gasteiger partial charge in [0.15, 0.2) is 0 Å². The third kappa shape index (κ3) is 2.75. The van der Waals surface area contributed by atoms with Gasteiger partial charge < -0.3 is 5.32 Å². The number of hydrogen-bond acceptors (Lipinski definition) is 4. The highest BCUT2D eigenvalue weighted by molar-refractivity contribution is 5.28. The first kappa shape index (κ1) is 12.6. The van der Waals surface area contributed by atoms with Crippen LogP contribution in [-0.2, 0) is 6.54 Å². The summed E-state index contributed by atoms with van der Waals surface area (Å²) in [6.45, 7) is 2.76. The summed E-state index contributed by atoms with van der Waals surface area (Å²) in [5.74, 6) is 0. The lowest BCUT2D eigenvalue weighted by atomic mass is 10.2. The molecule has 0 bridgehead atoms. The molecule has 2 N–H and O–H groups in total. The zero-order valence-corrected chi connectivity index (χ0v) is 11.2. The van der Waals surface area contributed by atoms with E-state index in [9.17, 15) is 0 Å². The molecule has 1 unspecified atom stereocenters. The Morgan fingerprint density at radius 2 is 2.10 bits per heavy atom. The summed E-state index contributed by atoms with van der Waals surface area (Å²) >= 11 is 0. The lowest BCUT2D eigenvalue weighted by Crippen LogP contribution is -2.18. The number of para-hydroxylation sites is 1. The number of nitrogens with zero attached hydrogens (tertiary/aromatic N) is 4. The summed E-state index contributed by atoms with van der Waals surface area (Å²) in [6, 6.07) is 10.1. The van der Waals surface area contributed by atoms with E-state index in [1.807, 2.05) is 42.7 Å². The zero-order chi connectivity index (χ0) is 13.8. The van der Waals surface area contributed by atoms with Gasteiger partial charge in [0.25, 0.3) is 0 Å². The Kier molecular flexibility index (Phi) is 3.56. The van der Waals surface area contributed by atoms with Gasteiger partial charge in [-0.25, -0.2) is 0 Å². The molecule has 1 atom stereocenters. The van der Waals surface area contributed by atoms with Crippen molar-refractivity contribution in [2.75, 3.05) is 0 Å². The molecule has 0 aliphatic carbocycles. The van der Waals surface area contributed by atoms with E-state index in [0.29, 0.717) is 6.54 Å². The molecule has 0 spiro atoms. The normalized spacial score (nSPS) is 12.4. The highest BCUT2D eigenvalue weighted by Crippen LogP contribution is 2.10. The number of aromatic amines is 1. The fraction of sp³-hybridized carbons (Fsp3) is 0.214. The standard InChI is InChI=1S/C14H16N6/c1-11(12-7-16-17-8-12)15-9-13-10-18-20(19-13)14-5-3-2-4-6-14/h2-8,10-11,15H,9H2,1H3,(H,16,17). The number of nitrogens with one attached hydrogen (secondary N) is 2. The monoisotopic (exact) mass is 268 g/mol. The van der Waals surface area contributed by atoms with Crippen molar-refractivity contribution in [1.82, 2.24) is 30.5 Å². The first-order valence-corrected chi connectivity index (χ1v) is 6.51. The van der Waals surface area contributed by atoms with Crippen LogP contribution in [0.15, 0.2) is 48.9 Å². The van der Waals surface area contributed by atoms with Crippen molar-refractivity contribution in [1.29, 1.82) is 0 Å². The van der Waals surface area contributed by atoms with Crippen molar-refractivity contribution in [3.63, 3.8) is 0 Å². The molecule has 0 fully saturated rings. The van der Waals surface area contributed by atoms with Gasteiger partial charge in [-0.2, -0.15) is 20.1 Å². The molecule has 20 heavy (non-hydrogen) atoms. The van der Waals surface area contributed by atoms with Gasteiger partial charge in [0.1, 0.15) is 0 Å². The van der Waals surface area contributed by atoms with Crippen molar-refractivity contribution in [2.24, 2.45) is 0 Å². The minimum Gasteiger partial charge on any atom is -0.304 e. The minimum atomic E-state index is 0.218. The molecule has 0 radical (unpaired) electrons. The smallest absolute Gasteiger partial charge is 0.0969 e. The van der Waals surface area contributed by atoms with Crippen LogP contribution in [0, 0.1) is 0 Å². The Hall–Kier alpha value is -2.47. The summed E-state index contributed by atoms with van der Waals surface area (Å²) < 4.78 is 0. The molecule has 0 amide bonds. The molecule has 1 aromatic carbocycles. The van der Waals surface area contributed by atoms with E-state index in [-0.39, 0.29) is 6.04 Å². The van der Waals surface area contributed by atoms with Gasteiger partial charge in [0.05, 0.1) is 23.8 Å². The van der Waals surface area contributed by atoms with E-state index in [1.165, 1.54) is 0 Å². The Labute approximate surface area is 116 Å². The Bertz CT molecular complexity index is 643. The second-order valence-electron chi connectivity index (χ2n) is 4.60. The third-order valence-corrected chi connectivity index (χ3v) is 3.14. The maximum atomic E-state index is 4.45. The van der Waals surface area contributed by atoms with Gasteiger partial charge in [-0.05, 0) is 19.1 Å². The summed E-state index contributed by atoms with van der Waals surface area (Å²) in [7, 11) is 0. The predicted octanol–water partition coefficient (Wildman–Crippen LogP) is 1.84. The van der Waals surface area contributed by atoms with Crippen molar-refractivity contribution >= 4 is 0 Å². The van der Waals surface area contributed by atoms with Gasteiger partial charge in [0.2, 0.25) is 0 Å². The first-order chi connectivity index (χ1) is 9.83. The number of rotatable bonds is 5. The van der Waals surface area contributed by atoms with Gasteiger partial charge in [-0.1, -0.05) is 18.2 Å². The molecule has 0 aliphatic rings. The van der Waals surface area contributed by atoms with E-state index >= 15 is 0 Å². The average molecular weight is 268 g/mol. The minimum absolute atomic E-state index is 0.218. The quantitative estimate of drug-likeness (QED) is 0.740. The molecule has 6 heteroatoms. The highest BCUT2D eigenvalue weighted by atomic mass is 15.5. The zero-order valence-electron chi connectivity index (χ0n) is 11.2. The number of hydrogen-bond donors (Lipinski definition) is 2. The summed E-state index contributed by atoms with van der Waals surface area (Å²) in [6.07, 6.45) is 5.49. The van der Waals surface area contributed by atoms with Crippen LogP contribution in [0.4, 0.5) is 0 Å². The van der Waals surface area contributed by atoms with Crippen LogP contribution in [0.5, 0.6) is 0 Å². The van der Waals surface area contributed by atoms with Crippen LogP contribution >= 0.6 is 0 Å². The van der Waals surface area contributed by atoms with Crippen LogP contribution in [0.3, 0.4) is 0 Å². The van der Waals surface area contributed by atoms with Crippen molar-refractivity contribution in [3.05, 3.63) is 60.2 Å². The number of aromatic nitrogens is 5. The molecule has 102 valence electrons. The summed E-state index contributed by atoms with van der Waals surface area (Å²) in [5, 5.41) is 18.9. The van der Waals surface area contributed by atoms with Crippen molar-refractivity contribution in [2.45, 2.75) is 19.5 Å². The van der Waals surface area contributed by atoms with E-state index < -0.39 is 0 Å². The molecule has 2 heterocycles. The van der Waals surface area contributed by atoms with E-state index in [1.54, 1.807) is 11.0 Å². The fourth-order valence-electron chi connectivity index (χ4n) is 1.93. The van der Waals surface area contributed by atoms with Crippen molar-refractivity contribution < 1.29 is 0 Å². The second kappa shape index (κ2) is 5.66. The Morgan fingerprint density at radius 1 is 1.25 bits per heavy atom. The molecule has 3 rings (SSSR count). The molecule has 2 aromatic heterocycles. The summed E-state index contributed by atoms with van der Waals surface area (Å²) in [4.78, 5) is 1.64. The molecule has 0 saturated heterocycles. The maximum Gasteiger partial charge on any atom is 0.0969 e. The average Bonchev–Trinajstić information content (AvgIpc) is 3.17. The summed E-state index contributed by atoms with van der Waals surface area (Å²) in [5.41, 5.74) is 2.99. The molecule has 0 aliphatic heterocycles. The first-order valence-electron chi connectivity index (χ1n) is 6.51. The highest BCUT2D eigenvalue weighted by Gasteiger charge is 2.07. The van der Waals surface area contributed by atoms with Crippen LogP contribution in [0.1, 0.15) is 24.2 Å². The van der Waals surface area contributed by atoms with Crippen LogP contribution in [0.25, 0.3) is 5.69 Å². The topological polar surface area (TPSA) is 71.4 Å². The SMILES string of the molecule is CC(NCc1cnn(-c2ccccc2)n1)c1cn[nH]c1. The van der Waals surface area contributed by atoms with Crippen molar-refractivity contribution in [3.8, 4) is 5.69 Å².